The quantitative estimate of drug-likeness (QED) is 0.334. The van der Waals surface area contributed by atoms with Gasteiger partial charge in [-0.15, -0.1) is 0 Å². The summed E-state index contributed by atoms with van der Waals surface area (Å²) in [5, 5.41) is -1.41. The molecule has 0 aliphatic carbocycles. The number of rotatable bonds is 9. The molecule has 0 aromatic rings. The molecule has 0 spiro atoms. The number of halogens is 3. The summed E-state index contributed by atoms with van der Waals surface area (Å²) in [6.45, 7) is 0. The summed E-state index contributed by atoms with van der Waals surface area (Å²) in [4.78, 5) is 11.4. The van der Waals surface area contributed by atoms with Gasteiger partial charge in [0.15, 0.2) is 21.1 Å². The van der Waals surface area contributed by atoms with E-state index in [-0.39, 0.29) is 12.8 Å². The minimum absolute atomic E-state index is 0.236. The fourth-order valence-electron chi connectivity index (χ4n) is 1.15. The van der Waals surface area contributed by atoms with Gasteiger partial charge in [-0.2, -0.15) is 8.42 Å². The van der Waals surface area contributed by atoms with Gasteiger partial charge in [-0.3, -0.25) is 0 Å². The van der Waals surface area contributed by atoms with Gasteiger partial charge in [-0.05, 0) is 12.8 Å². The van der Waals surface area contributed by atoms with E-state index < -0.39 is 43.2 Å². The third-order valence-corrected chi connectivity index (χ3v) is 4.89. The Balaban J connectivity index is 4.99. The van der Waals surface area contributed by atoms with E-state index in [9.17, 15) is 30.4 Å². The minimum atomic E-state index is -4.78. The first kappa shape index (κ1) is 18.7. The van der Waals surface area contributed by atoms with Crippen LogP contribution in [0.1, 0.15) is 19.3 Å². The van der Waals surface area contributed by atoms with E-state index in [1.165, 1.54) is 0 Å². The van der Waals surface area contributed by atoms with E-state index in [2.05, 4.69) is 20.1 Å². The second-order valence-corrected chi connectivity index (χ2v) is 7.92. The zero-order chi connectivity index (χ0) is 15.1. The molecule has 0 rings (SSSR count). The molecule has 1 atom stereocenters. The lowest BCUT2D eigenvalue weighted by Crippen LogP contribution is -2.34. The Bertz CT molecular complexity index is 489. The fraction of sp³-hybridized carbons (Fsp3) is 0.875. The molecule has 0 amide bonds. The van der Waals surface area contributed by atoms with Crippen molar-refractivity contribution in [1.82, 2.24) is 0 Å². The molecule has 0 heterocycles. The van der Waals surface area contributed by atoms with Gasteiger partial charge in [0.1, 0.15) is 0 Å². The Labute approximate surface area is 118 Å². The van der Waals surface area contributed by atoms with Crippen molar-refractivity contribution < 1.29 is 34.6 Å². The Kier molecular flexibility index (Phi) is 7.98. The van der Waals surface area contributed by atoms with Gasteiger partial charge in [0.2, 0.25) is 6.01 Å². The Morgan fingerprint density at radius 1 is 1.11 bits per heavy atom. The van der Waals surface area contributed by atoms with Gasteiger partial charge in [0.25, 0.3) is 0 Å². The van der Waals surface area contributed by atoms with Crippen molar-refractivity contribution in [1.29, 1.82) is 0 Å². The second-order valence-electron chi connectivity index (χ2n) is 3.51. The molecule has 0 aliphatic heterocycles. The van der Waals surface area contributed by atoms with Crippen LogP contribution >= 0.6 is 15.9 Å². The number of carbonyl (C=O) groups is 1. The summed E-state index contributed by atoms with van der Waals surface area (Å²) >= 11 is 3.08. The monoisotopic (exact) mass is 386 g/mol. The van der Waals surface area contributed by atoms with Gasteiger partial charge < -0.3 is 4.18 Å². The van der Waals surface area contributed by atoms with E-state index >= 15 is 0 Å². The van der Waals surface area contributed by atoms with Crippen molar-refractivity contribution in [2.45, 2.75) is 24.5 Å². The zero-order valence-electron chi connectivity index (χ0n) is 9.72. The van der Waals surface area contributed by atoms with E-state index in [1.54, 1.807) is 0 Å². The van der Waals surface area contributed by atoms with E-state index in [0.717, 1.165) is 0 Å². The number of hydrogen-bond acceptors (Lipinski definition) is 6. The van der Waals surface area contributed by atoms with Crippen molar-refractivity contribution in [2.24, 2.45) is 0 Å². The minimum Gasteiger partial charge on any atom is -0.342 e. The summed E-state index contributed by atoms with van der Waals surface area (Å²) in [5.41, 5.74) is 0. The molecular formula is C8H13BrF2O6S2. The lowest BCUT2D eigenvalue weighted by molar-refractivity contribution is -0.133. The Morgan fingerprint density at radius 3 is 2.11 bits per heavy atom. The van der Waals surface area contributed by atoms with Crippen LogP contribution in [0.5, 0.6) is 0 Å². The maximum Gasteiger partial charge on any atom is 0.341 e. The van der Waals surface area contributed by atoms with Gasteiger partial charge >= 0.3 is 16.1 Å². The maximum absolute atomic E-state index is 12.4. The average molecular weight is 387 g/mol. The maximum atomic E-state index is 12.4. The molecule has 19 heavy (non-hydrogen) atoms. The van der Waals surface area contributed by atoms with Crippen LogP contribution in [0, 0.1) is 0 Å². The van der Waals surface area contributed by atoms with E-state index in [4.69, 9.17) is 0 Å². The molecule has 11 heteroatoms. The highest BCUT2D eigenvalue weighted by atomic mass is 79.9. The van der Waals surface area contributed by atoms with E-state index in [0.29, 0.717) is 11.8 Å². The Morgan fingerprint density at radius 2 is 1.68 bits per heavy atom. The van der Waals surface area contributed by atoms with Gasteiger partial charge in [0, 0.05) is 5.33 Å². The number of hydrogen-bond donors (Lipinski definition) is 0. The second kappa shape index (κ2) is 8.10. The molecule has 0 radical (unpaired) electrons. The normalized spacial score (nSPS) is 14.1. The largest absolute Gasteiger partial charge is 0.342 e. The Hall–Kier alpha value is -0.290. The van der Waals surface area contributed by atoms with Crippen molar-refractivity contribution in [2.75, 3.05) is 17.3 Å². The predicted molar refractivity (Wildman–Crippen MR) is 67.3 cm³/mol. The summed E-state index contributed by atoms with van der Waals surface area (Å²) in [7, 11) is -9.24. The molecule has 0 aromatic carbocycles. The average Bonchev–Trinajstić information content (AvgIpc) is 2.33. The zero-order valence-corrected chi connectivity index (χ0v) is 12.9. The highest BCUT2D eigenvalue weighted by molar-refractivity contribution is 9.09. The highest BCUT2D eigenvalue weighted by Crippen LogP contribution is 2.16. The van der Waals surface area contributed by atoms with Crippen LogP contribution in [0.4, 0.5) is 8.78 Å². The summed E-state index contributed by atoms with van der Waals surface area (Å²) in [5.74, 6) is -1.68. The molecule has 0 N–H and O–H groups in total. The summed E-state index contributed by atoms with van der Waals surface area (Å²) in [6.07, 6.45) is 0.444. The smallest absolute Gasteiger partial charge is 0.341 e. The van der Waals surface area contributed by atoms with Crippen molar-refractivity contribution >= 4 is 41.9 Å². The first-order chi connectivity index (χ1) is 8.70. The summed E-state index contributed by atoms with van der Waals surface area (Å²) < 4.78 is 72.3. The number of sulfone groups is 1. The first-order valence-corrected chi connectivity index (χ1v) is 9.47. The molecule has 0 bridgehead atoms. The van der Waals surface area contributed by atoms with Crippen LogP contribution in [0.15, 0.2) is 0 Å². The van der Waals surface area contributed by atoms with Crippen LogP contribution in [-0.4, -0.2) is 45.4 Å². The molecule has 0 aliphatic rings. The SMILES string of the molecule is O=C(OS(=O)(=O)CF)C(CCCCBr)S(=O)(=O)CF. The van der Waals surface area contributed by atoms with Crippen molar-refractivity contribution in [3.63, 3.8) is 0 Å². The van der Waals surface area contributed by atoms with Gasteiger partial charge in [-0.25, -0.2) is 22.0 Å². The lowest BCUT2D eigenvalue weighted by atomic mass is 10.2. The van der Waals surface area contributed by atoms with Crippen molar-refractivity contribution in [3.8, 4) is 0 Å². The third-order valence-electron chi connectivity index (χ3n) is 2.04. The number of carbonyl (C=O) groups excluding carboxylic acids is 1. The van der Waals surface area contributed by atoms with Crippen LogP contribution in [0.25, 0.3) is 0 Å². The van der Waals surface area contributed by atoms with Crippen LogP contribution in [0.2, 0.25) is 0 Å². The molecule has 0 fully saturated rings. The van der Waals surface area contributed by atoms with Crippen LogP contribution < -0.4 is 0 Å². The topological polar surface area (TPSA) is 94.6 Å². The van der Waals surface area contributed by atoms with Crippen molar-refractivity contribution in [3.05, 3.63) is 0 Å². The molecule has 0 saturated carbocycles. The first-order valence-electron chi connectivity index (χ1n) is 5.05. The molecule has 0 saturated heterocycles. The van der Waals surface area contributed by atoms with Crippen LogP contribution in [0.3, 0.4) is 0 Å². The van der Waals surface area contributed by atoms with Crippen LogP contribution in [-0.2, 0) is 28.9 Å². The highest BCUT2D eigenvalue weighted by Gasteiger charge is 2.36. The summed E-state index contributed by atoms with van der Waals surface area (Å²) in [6, 6.07) is -3.79. The third kappa shape index (κ3) is 6.61. The number of unbranched alkanes of at least 4 members (excludes halogenated alkanes) is 1. The molecule has 1 unspecified atom stereocenters. The van der Waals surface area contributed by atoms with Gasteiger partial charge in [0.05, 0.1) is 0 Å². The molecular weight excluding hydrogens is 374 g/mol. The molecule has 6 nitrogen and oxygen atoms in total. The lowest BCUT2D eigenvalue weighted by Gasteiger charge is -2.13. The molecule has 114 valence electrons. The fourth-order valence-corrected chi connectivity index (χ4v) is 3.03. The predicted octanol–water partition coefficient (Wildman–Crippen LogP) is 1.06. The number of alkyl halides is 3. The standard InChI is InChI=1S/C8H13BrF2O6S2/c9-4-2-1-3-7(18(13,14)5-10)8(12)17-19(15,16)6-11/h7H,1-6H2. The molecule has 0 aromatic heterocycles. The van der Waals surface area contributed by atoms with Gasteiger partial charge in [-0.1, -0.05) is 22.4 Å². The van der Waals surface area contributed by atoms with E-state index in [1.807, 2.05) is 0 Å².